The van der Waals surface area contributed by atoms with E-state index in [9.17, 15) is 24.3 Å². The van der Waals surface area contributed by atoms with Crippen LogP contribution in [0.3, 0.4) is 0 Å². The number of imide groups is 1. The number of amides is 2. The van der Waals surface area contributed by atoms with Gasteiger partial charge in [-0.25, -0.2) is 4.68 Å². The molecule has 1 aromatic heterocycles. The summed E-state index contributed by atoms with van der Waals surface area (Å²) in [5, 5.41) is 13.7. The number of carbonyl (C=O) groups is 3. The molecule has 5 rings (SSSR count). The first-order chi connectivity index (χ1) is 19.2. The van der Waals surface area contributed by atoms with Crippen molar-refractivity contribution >= 4 is 35.6 Å². The molecule has 208 valence electrons. The minimum atomic E-state index is -1.69. The second kappa shape index (κ2) is 10.9. The molecule has 0 saturated carbocycles. The summed E-state index contributed by atoms with van der Waals surface area (Å²) < 4.78 is 3.21. The number of aromatic nitrogens is 2. The number of hydrogen-bond acceptors (Lipinski definition) is 6. The lowest BCUT2D eigenvalue weighted by atomic mass is 9.78. The number of hydrogen-bond donors (Lipinski definition) is 2. The number of rotatable bonds is 9. The van der Waals surface area contributed by atoms with Crippen LogP contribution in [0.1, 0.15) is 29.3 Å². The summed E-state index contributed by atoms with van der Waals surface area (Å²) >= 11 is 1.47. The highest BCUT2D eigenvalue weighted by Gasteiger charge is 2.68. The van der Waals surface area contributed by atoms with Crippen LogP contribution in [-0.4, -0.2) is 61.2 Å². The normalized spacial score (nSPS) is 24.3. The highest BCUT2D eigenvalue weighted by atomic mass is 32.2. The van der Waals surface area contributed by atoms with E-state index in [2.05, 4.69) is 5.32 Å². The molecule has 0 bridgehead atoms. The topological polar surface area (TPSA) is 114 Å². The van der Waals surface area contributed by atoms with Gasteiger partial charge in [-0.2, -0.15) is 11.8 Å². The summed E-state index contributed by atoms with van der Waals surface area (Å²) in [6.07, 6.45) is 5.55. The van der Waals surface area contributed by atoms with Gasteiger partial charge in [0.25, 0.3) is 5.56 Å². The van der Waals surface area contributed by atoms with Crippen LogP contribution in [0, 0.1) is 18.8 Å². The van der Waals surface area contributed by atoms with Crippen LogP contribution in [0.4, 0.5) is 0 Å². The van der Waals surface area contributed by atoms with Crippen LogP contribution in [-0.2, 0) is 21.4 Å². The average molecular weight is 561 g/mol. The van der Waals surface area contributed by atoms with E-state index in [4.69, 9.17) is 0 Å². The molecule has 3 heterocycles. The summed E-state index contributed by atoms with van der Waals surface area (Å²) in [6.45, 7) is 1.80. The molecular formula is C30H32N4O5S. The smallest absolute Gasteiger partial charge is 0.324 e. The van der Waals surface area contributed by atoms with Gasteiger partial charge in [-0.1, -0.05) is 60.7 Å². The molecule has 4 unspecified atom stereocenters. The lowest BCUT2D eigenvalue weighted by Gasteiger charge is -2.30. The van der Waals surface area contributed by atoms with Crippen molar-refractivity contribution in [2.45, 2.75) is 24.9 Å². The molecule has 2 N–H and O–H groups in total. The summed E-state index contributed by atoms with van der Waals surface area (Å²) in [7, 11) is 1.75. The predicted molar refractivity (Wildman–Crippen MR) is 154 cm³/mol. The van der Waals surface area contributed by atoms with Crippen LogP contribution in [0.15, 0.2) is 71.5 Å². The second-order valence-electron chi connectivity index (χ2n) is 10.2. The standard InChI is InChI=1S/C30H32N4O5S/c1-19-22(27(36)34(32(19)2)21-14-8-5-9-15-21)25-23-24(30(31-25,29(38)39)16-18-40-3)28(37)33(26(23)35)17-10-13-20-11-6-4-7-12-20/h4-15,23-25,31H,16-18H2,1-3H3,(H,38,39)/b13-10+. The van der Waals surface area contributed by atoms with Gasteiger partial charge in [0.1, 0.15) is 5.54 Å². The van der Waals surface area contributed by atoms with Gasteiger partial charge in [0.2, 0.25) is 11.8 Å². The Morgan fingerprint density at radius 1 is 1.05 bits per heavy atom. The van der Waals surface area contributed by atoms with Crippen molar-refractivity contribution in [1.82, 2.24) is 19.6 Å². The zero-order valence-electron chi connectivity index (χ0n) is 22.6. The van der Waals surface area contributed by atoms with Crippen molar-refractivity contribution in [2.24, 2.45) is 18.9 Å². The van der Waals surface area contributed by atoms with E-state index in [1.165, 1.54) is 16.4 Å². The number of carbonyl (C=O) groups excluding carboxylic acids is 2. The fraction of sp³-hybridized carbons (Fsp3) is 0.333. The van der Waals surface area contributed by atoms with Crippen LogP contribution < -0.4 is 10.9 Å². The number of aliphatic carboxylic acids is 1. The SMILES string of the molecule is CSCCC1(C(=O)O)NC(c2c(C)n(C)n(-c3ccccc3)c2=O)C2C(=O)N(C/C=C/c3ccccc3)C(=O)C21. The number of nitrogens with zero attached hydrogens (tertiary/aromatic N) is 3. The summed E-state index contributed by atoms with van der Waals surface area (Å²) in [5.41, 5.74) is 0.427. The molecule has 2 fully saturated rings. The summed E-state index contributed by atoms with van der Waals surface area (Å²) in [6, 6.07) is 17.7. The largest absolute Gasteiger partial charge is 0.480 e. The number of carboxylic acid groups (broad SMARTS) is 1. The van der Waals surface area contributed by atoms with Crippen LogP contribution >= 0.6 is 11.8 Å². The molecule has 0 radical (unpaired) electrons. The molecule has 4 atom stereocenters. The quantitative estimate of drug-likeness (QED) is 0.387. The number of para-hydroxylation sites is 1. The molecule has 9 nitrogen and oxygen atoms in total. The van der Waals surface area contributed by atoms with Crippen LogP contribution in [0.5, 0.6) is 0 Å². The van der Waals surface area contributed by atoms with Crippen molar-refractivity contribution in [3.8, 4) is 5.69 Å². The molecule has 2 aliphatic heterocycles. The molecule has 0 aliphatic carbocycles. The third kappa shape index (κ3) is 4.41. The Morgan fingerprint density at radius 2 is 1.70 bits per heavy atom. The summed E-state index contributed by atoms with van der Waals surface area (Å²) in [4.78, 5) is 55.7. The zero-order valence-corrected chi connectivity index (χ0v) is 23.4. The Hall–Kier alpha value is -3.89. The van der Waals surface area contributed by atoms with E-state index in [0.717, 1.165) is 10.5 Å². The first-order valence-electron chi connectivity index (χ1n) is 13.1. The van der Waals surface area contributed by atoms with Gasteiger partial charge in [-0.05, 0) is 43.0 Å². The average Bonchev–Trinajstić information content (AvgIpc) is 3.50. The molecule has 3 aromatic rings. The van der Waals surface area contributed by atoms with E-state index >= 15 is 0 Å². The molecule has 10 heteroatoms. The van der Waals surface area contributed by atoms with E-state index in [0.29, 0.717) is 22.7 Å². The van der Waals surface area contributed by atoms with Gasteiger partial charge >= 0.3 is 5.97 Å². The predicted octanol–water partition coefficient (Wildman–Crippen LogP) is 3.02. The monoisotopic (exact) mass is 560 g/mol. The number of likely N-dealkylation sites (tertiary alicyclic amines) is 1. The van der Waals surface area contributed by atoms with Crippen molar-refractivity contribution in [3.63, 3.8) is 0 Å². The van der Waals surface area contributed by atoms with Gasteiger partial charge in [0.15, 0.2) is 0 Å². The molecule has 2 saturated heterocycles. The van der Waals surface area contributed by atoms with Crippen LogP contribution in [0.2, 0.25) is 0 Å². The van der Waals surface area contributed by atoms with E-state index in [1.807, 2.05) is 60.9 Å². The van der Waals surface area contributed by atoms with Gasteiger partial charge in [0.05, 0.1) is 29.1 Å². The first-order valence-corrected chi connectivity index (χ1v) is 14.5. The van der Waals surface area contributed by atoms with Gasteiger partial charge in [-0.3, -0.25) is 34.1 Å². The number of benzene rings is 2. The maximum absolute atomic E-state index is 13.9. The molecule has 0 spiro atoms. The minimum Gasteiger partial charge on any atom is -0.480 e. The Bertz CT molecular complexity index is 1530. The third-order valence-electron chi connectivity index (χ3n) is 8.14. The van der Waals surface area contributed by atoms with Gasteiger partial charge in [-0.15, -0.1) is 0 Å². The zero-order chi connectivity index (χ0) is 28.6. The fourth-order valence-corrected chi connectivity index (χ4v) is 6.62. The Morgan fingerprint density at radius 3 is 2.33 bits per heavy atom. The van der Waals surface area contributed by atoms with E-state index in [-0.39, 0.29) is 18.5 Å². The van der Waals surface area contributed by atoms with Crippen molar-refractivity contribution in [2.75, 3.05) is 18.6 Å². The minimum absolute atomic E-state index is 0.0204. The number of nitrogens with one attached hydrogen (secondary N) is 1. The molecular weight excluding hydrogens is 528 g/mol. The highest BCUT2D eigenvalue weighted by molar-refractivity contribution is 7.98. The number of carboxylic acids is 1. The number of fused-ring (bicyclic) bond motifs is 1. The van der Waals surface area contributed by atoms with Crippen LogP contribution in [0.25, 0.3) is 11.8 Å². The second-order valence-corrected chi connectivity index (χ2v) is 11.2. The highest BCUT2D eigenvalue weighted by Crippen LogP contribution is 2.50. The Balaban J connectivity index is 1.59. The van der Waals surface area contributed by atoms with Crippen molar-refractivity contribution < 1.29 is 19.5 Å². The third-order valence-corrected chi connectivity index (χ3v) is 8.75. The lowest BCUT2D eigenvalue weighted by molar-refractivity contribution is -0.151. The van der Waals surface area contributed by atoms with Crippen molar-refractivity contribution in [3.05, 3.63) is 93.9 Å². The molecule has 2 aromatic carbocycles. The number of thioether (sulfide) groups is 1. The molecule has 40 heavy (non-hydrogen) atoms. The van der Waals surface area contributed by atoms with E-state index < -0.39 is 41.2 Å². The van der Waals surface area contributed by atoms with Crippen molar-refractivity contribution in [1.29, 1.82) is 0 Å². The summed E-state index contributed by atoms with van der Waals surface area (Å²) in [5.74, 6) is -3.88. The maximum Gasteiger partial charge on any atom is 0.324 e. The van der Waals surface area contributed by atoms with E-state index in [1.54, 1.807) is 36.9 Å². The Kier molecular flexibility index (Phi) is 7.57. The van der Waals surface area contributed by atoms with Gasteiger partial charge in [0, 0.05) is 19.3 Å². The molecule has 2 aliphatic rings. The maximum atomic E-state index is 13.9. The van der Waals surface area contributed by atoms with Gasteiger partial charge < -0.3 is 5.11 Å². The Labute approximate surface area is 236 Å². The lowest BCUT2D eigenvalue weighted by Crippen LogP contribution is -2.56. The molecule has 2 amide bonds. The first kappa shape index (κ1) is 27.7. The fourth-order valence-electron chi connectivity index (χ4n) is 6.09.